The number of hydrogen-bond donors (Lipinski definition) is 2. The summed E-state index contributed by atoms with van der Waals surface area (Å²) in [5.74, 6) is 0.178. The highest BCUT2D eigenvalue weighted by Gasteiger charge is 2.41. The summed E-state index contributed by atoms with van der Waals surface area (Å²) in [5.41, 5.74) is -0.246. The van der Waals surface area contributed by atoms with Gasteiger partial charge in [-0.25, -0.2) is 4.79 Å². The van der Waals surface area contributed by atoms with E-state index in [-0.39, 0.29) is 16.8 Å². The molecule has 0 unspecified atom stereocenters. The number of hydrogen-bond acceptors (Lipinski definition) is 4. The Morgan fingerprint density at radius 3 is 2.57 bits per heavy atom. The van der Waals surface area contributed by atoms with Gasteiger partial charge in [-0.3, -0.25) is 9.78 Å². The van der Waals surface area contributed by atoms with Crippen molar-refractivity contribution >= 4 is 23.5 Å². The molecule has 7 nitrogen and oxygen atoms in total. The van der Waals surface area contributed by atoms with E-state index in [2.05, 4.69) is 20.6 Å². The number of carbonyl (C=O) groups excluding carboxylic acids is 1. The number of halogens is 3. The minimum absolute atomic E-state index is 0.139. The number of amides is 2. The predicted octanol–water partition coefficient (Wildman–Crippen LogP) is 3.98. The molecule has 0 atom stereocenters. The zero-order chi connectivity index (χ0) is 20.5. The van der Waals surface area contributed by atoms with E-state index in [4.69, 9.17) is 0 Å². The molecule has 11 heteroatoms. The number of nitrogens with one attached hydrogen (secondary N) is 2. The number of urea groups is 1. The molecule has 0 aromatic carbocycles. The van der Waals surface area contributed by atoms with E-state index in [9.17, 15) is 18.0 Å². The first-order chi connectivity index (χ1) is 13.1. The Kier molecular flexibility index (Phi) is 5.64. The Balaban J connectivity index is 1.61. The average molecular weight is 416 g/mol. The molecule has 1 aliphatic heterocycles. The van der Waals surface area contributed by atoms with E-state index < -0.39 is 16.6 Å². The summed E-state index contributed by atoms with van der Waals surface area (Å²) in [6, 6.07) is -0.197. The minimum Gasteiger partial charge on any atom is -0.325 e. The van der Waals surface area contributed by atoms with Crippen LogP contribution in [0.4, 0.5) is 23.7 Å². The highest BCUT2D eigenvalue weighted by atomic mass is 32.2. The Bertz CT molecular complexity index is 809. The van der Waals surface area contributed by atoms with Gasteiger partial charge in [0.25, 0.3) is 0 Å². The number of aromatic nitrogens is 4. The van der Waals surface area contributed by atoms with Gasteiger partial charge in [-0.2, -0.15) is 23.4 Å². The molecule has 1 fully saturated rings. The molecule has 0 saturated carbocycles. The molecule has 0 bridgehead atoms. The van der Waals surface area contributed by atoms with Crippen molar-refractivity contribution in [2.24, 2.45) is 13.0 Å². The van der Waals surface area contributed by atoms with E-state index in [1.807, 2.05) is 13.8 Å². The predicted molar refractivity (Wildman–Crippen MR) is 100 cm³/mol. The first kappa shape index (κ1) is 20.6. The highest BCUT2D eigenvalue weighted by Crippen LogP contribution is 2.46. The molecule has 1 saturated heterocycles. The van der Waals surface area contributed by atoms with E-state index in [0.717, 1.165) is 12.8 Å². The highest BCUT2D eigenvalue weighted by molar-refractivity contribution is 8.00. The molecule has 0 aliphatic carbocycles. The van der Waals surface area contributed by atoms with Crippen molar-refractivity contribution in [3.63, 3.8) is 0 Å². The third-order valence-electron chi connectivity index (χ3n) is 4.95. The monoisotopic (exact) mass is 416 g/mol. The van der Waals surface area contributed by atoms with Crippen LogP contribution in [0.25, 0.3) is 0 Å². The lowest BCUT2D eigenvalue weighted by Crippen LogP contribution is -2.44. The average Bonchev–Trinajstić information content (AvgIpc) is 3.23. The third-order valence-corrected chi connectivity index (χ3v) is 6.33. The number of aryl methyl sites for hydroxylation is 1. The van der Waals surface area contributed by atoms with Crippen molar-refractivity contribution in [3.8, 4) is 0 Å². The van der Waals surface area contributed by atoms with Crippen molar-refractivity contribution in [2.45, 2.75) is 42.5 Å². The van der Waals surface area contributed by atoms with Crippen molar-refractivity contribution < 1.29 is 18.0 Å². The summed E-state index contributed by atoms with van der Waals surface area (Å²) in [5, 5.41) is 12.8. The molecule has 3 rings (SSSR count). The van der Waals surface area contributed by atoms with E-state index in [1.54, 1.807) is 11.1 Å². The number of H-pyrrole nitrogens is 1. The second-order valence-corrected chi connectivity index (χ2v) is 9.09. The SMILES string of the molecule is Cn1cc(SC(C)(C)C2CCN(C(=O)Nc3cn[nH]c3)CC2)c(C(F)(F)F)n1. The molecule has 28 heavy (non-hydrogen) atoms. The van der Waals surface area contributed by atoms with Gasteiger partial charge in [-0.05, 0) is 18.8 Å². The van der Waals surface area contributed by atoms with Crippen LogP contribution in [0.2, 0.25) is 0 Å². The Hall–Kier alpha value is -2.17. The normalized spacial score (nSPS) is 16.4. The lowest BCUT2D eigenvalue weighted by molar-refractivity contribution is -0.143. The quantitative estimate of drug-likeness (QED) is 0.739. The van der Waals surface area contributed by atoms with Crippen molar-refractivity contribution in [1.29, 1.82) is 0 Å². The number of carbonyl (C=O) groups is 1. The third kappa shape index (κ3) is 4.62. The molecule has 2 N–H and O–H groups in total. The molecule has 3 heterocycles. The lowest BCUT2D eigenvalue weighted by atomic mass is 9.86. The van der Waals surface area contributed by atoms with E-state index in [0.29, 0.717) is 18.8 Å². The maximum Gasteiger partial charge on any atom is 0.436 e. The summed E-state index contributed by atoms with van der Waals surface area (Å²) < 4.78 is 40.5. The largest absolute Gasteiger partial charge is 0.436 e. The van der Waals surface area contributed by atoms with Crippen LogP contribution < -0.4 is 5.32 Å². The van der Waals surface area contributed by atoms with Gasteiger partial charge in [0.1, 0.15) is 0 Å². The van der Waals surface area contributed by atoms with Crippen LogP contribution in [-0.4, -0.2) is 48.7 Å². The standard InChI is InChI=1S/C17H23F3N6OS/c1-16(2,28-13-10-25(3)24-14(13)17(18,19)20)11-4-6-26(7-5-11)15(27)23-12-8-21-22-9-12/h8-11H,4-7H2,1-3H3,(H,21,22)(H,23,27). The van der Waals surface area contributed by atoms with Crippen LogP contribution in [0.15, 0.2) is 23.5 Å². The molecule has 0 spiro atoms. The summed E-state index contributed by atoms with van der Waals surface area (Å²) in [7, 11) is 1.49. The molecular formula is C17H23F3N6OS. The molecule has 2 aromatic heterocycles. The van der Waals surface area contributed by atoms with Crippen molar-refractivity contribution in [1.82, 2.24) is 24.9 Å². The minimum atomic E-state index is -4.48. The zero-order valence-electron chi connectivity index (χ0n) is 15.9. The summed E-state index contributed by atoms with van der Waals surface area (Å²) in [6.45, 7) is 5.02. The van der Waals surface area contributed by atoms with Gasteiger partial charge in [0.2, 0.25) is 0 Å². The van der Waals surface area contributed by atoms with Crippen molar-refractivity contribution in [2.75, 3.05) is 18.4 Å². The molecule has 2 amide bonds. The number of alkyl halides is 3. The van der Waals surface area contributed by atoms with E-state index in [1.165, 1.54) is 35.9 Å². The van der Waals surface area contributed by atoms with E-state index >= 15 is 0 Å². The molecule has 0 radical (unpaired) electrons. The van der Waals surface area contributed by atoms with Gasteiger partial charge in [0, 0.05) is 37.3 Å². The second kappa shape index (κ2) is 7.69. The molecule has 2 aromatic rings. The van der Waals surface area contributed by atoms with Crippen molar-refractivity contribution in [3.05, 3.63) is 24.3 Å². The lowest BCUT2D eigenvalue weighted by Gasteiger charge is -2.40. The smallest absolute Gasteiger partial charge is 0.325 e. The number of thioether (sulfide) groups is 1. The van der Waals surface area contributed by atoms with Crippen LogP contribution in [0.5, 0.6) is 0 Å². The number of aromatic amines is 1. The first-order valence-electron chi connectivity index (χ1n) is 8.91. The summed E-state index contributed by atoms with van der Waals surface area (Å²) >= 11 is 1.21. The molecule has 154 valence electrons. The number of anilines is 1. The van der Waals surface area contributed by atoms with Crippen LogP contribution >= 0.6 is 11.8 Å². The Morgan fingerprint density at radius 2 is 2.00 bits per heavy atom. The number of piperidine rings is 1. The number of likely N-dealkylation sites (tertiary alicyclic amines) is 1. The summed E-state index contributed by atoms with van der Waals surface area (Å²) in [6.07, 6.45) is 1.50. The maximum atomic E-state index is 13.2. The fraction of sp³-hybridized carbons (Fsp3) is 0.588. The van der Waals surface area contributed by atoms with Gasteiger partial charge < -0.3 is 10.2 Å². The van der Waals surface area contributed by atoms with Crippen LogP contribution in [0.1, 0.15) is 32.4 Å². The van der Waals surface area contributed by atoms with Gasteiger partial charge >= 0.3 is 12.2 Å². The number of rotatable bonds is 4. The second-order valence-electron chi connectivity index (χ2n) is 7.40. The van der Waals surface area contributed by atoms with Gasteiger partial charge in [0.05, 0.1) is 16.8 Å². The fourth-order valence-corrected chi connectivity index (χ4v) is 4.83. The summed E-state index contributed by atoms with van der Waals surface area (Å²) in [4.78, 5) is 14.2. The first-order valence-corrected chi connectivity index (χ1v) is 9.72. The zero-order valence-corrected chi connectivity index (χ0v) is 16.7. The van der Waals surface area contributed by atoms with Gasteiger partial charge in [-0.1, -0.05) is 13.8 Å². The maximum absolute atomic E-state index is 13.2. The number of nitrogens with zero attached hydrogens (tertiary/aromatic N) is 4. The van der Waals surface area contributed by atoms with Crippen LogP contribution in [0.3, 0.4) is 0 Å². The van der Waals surface area contributed by atoms with Crippen LogP contribution in [-0.2, 0) is 13.2 Å². The fourth-order valence-electron chi connectivity index (χ4n) is 3.40. The molecule has 1 aliphatic rings. The topological polar surface area (TPSA) is 78.8 Å². The van der Waals surface area contributed by atoms with Crippen LogP contribution in [0, 0.1) is 5.92 Å². The van der Waals surface area contributed by atoms with Gasteiger partial charge in [0.15, 0.2) is 5.69 Å². The Morgan fingerprint density at radius 1 is 1.32 bits per heavy atom. The molecular weight excluding hydrogens is 393 g/mol. The van der Waals surface area contributed by atoms with Gasteiger partial charge in [-0.15, -0.1) is 11.8 Å². The Labute approximate surface area is 165 Å².